The van der Waals surface area contributed by atoms with Crippen molar-refractivity contribution >= 4 is 50.8 Å². The van der Waals surface area contributed by atoms with E-state index in [-0.39, 0.29) is 5.91 Å². The Kier molecular flexibility index (Phi) is 4.58. The molecule has 0 aliphatic rings. The van der Waals surface area contributed by atoms with Crippen LogP contribution in [-0.2, 0) is 0 Å². The molecule has 0 bridgehead atoms. The second-order valence-electron chi connectivity index (χ2n) is 6.12. The van der Waals surface area contributed by atoms with E-state index in [9.17, 15) is 9.59 Å². The zero-order valence-electron chi connectivity index (χ0n) is 14.6. The first-order valence-corrected chi connectivity index (χ1v) is 9.49. The number of rotatable bonds is 4. The Morgan fingerprint density at radius 3 is 2.79 bits per heavy atom. The van der Waals surface area contributed by atoms with Gasteiger partial charge in [-0.3, -0.25) is 19.9 Å². The van der Waals surface area contributed by atoms with Crippen molar-refractivity contribution in [3.8, 4) is 11.3 Å². The lowest BCUT2D eigenvalue weighted by atomic mass is 10.1. The SMILES string of the molecule is Cc1nc2ccc(Cl)cc2cc1C(=O)Nc1nc(-c2c[nH]c(C(N)=O)c2)cs1. The molecular weight excluding hydrogens is 398 g/mol. The van der Waals surface area contributed by atoms with Gasteiger partial charge >= 0.3 is 0 Å². The number of hydrogen-bond donors (Lipinski definition) is 3. The number of nitrogens with two attached hydrogens (primary N) is 1. The number of fused-ring (bicyclic) bond motifs is 1. The molecule has 1 aromatic carbocycles. The summed E-state index contributed by atoms with van der Waals surface area (Å²) in [5.74, 6) is -0.853. The summed E-state index contributed by atoms with van der Waals surface area (Å²) in [5, 5.41) is 6.38. The standard InChI is InChI=1S/C19H14ClN5O2S/c1-9-13(5-10-4-12(20)2-3-14(10)23-9)18(27)25-19-24-16(8-28-19)11-6-15(17(21)26)22-7-11/h2-8,22H,1H3,(H2,21,26)(H,24,25,27). The van der Waals surface area contributed by atoms with E-state index < -0.39 is 5.91 Å². The zero-order chi connectivity index (χ0) is 19.8. The molecule has 0 spiro atoms. The molecule has 0 aliphatic carbocycles. The van der Waals surface area contributed by atoms with E-state index in [1.807, 2.05) is 6.07 Å². The van der Waals surface area contributed by atoms with Crippen molar-refractivity contribution in [2.75, 3.05) is 5.32 Å². The molecule has 0 radical (unpaired) electrons. The fraction of sp³-hybridized carbons (Fsp3) is 0.0526. The summed E-state index contributed by atoms with van der Waals surface area (Å²) in [5.41, 5.74) is 8.71. The van der Waals surface area contributed by atoms with Crippen molar-refractivity contribution in [3.63, 3.8) is 0 Å². The number of amides is 2. The van der Waals surface area contributed by atoms with Crippen molar-refractivity contribution in [3.05, 3.63) is 63.9 Å². The maximum absolute atomic E-state index is 12.7. The minimum atomic E-state index is -0.547. The largest absolute Gasteiger partial charge is 0.364 e. The molecule has 140 valence electrons. The van der Waals surface area contributed by atoms with Crippen LogP contribution in [-0.4, -0.2) is 26.8 Å². The Morgan fingerprint density at radius 1 is 1.21 bits per heavy atom. The number of aromatic nitrogens is 3. The Morgan fingerprint density at radius 2 is 2.04 bits per heavy atom. The number of carbonyl (C=O) groups is 2. The third-order valence-electron chi connectivity index (χ3n) is 4.18. The molecule has 4 aromatic rings. The van der Waals surface area contributed by atoms with Crippen molar-refractivity contribution in [1.82, 2.24) is 15.0 Å². The number of aromatic amines is 1. The van der Waals surface area contributed by atoms with Crippen LogP contribution in [0.3, 0.4) is 0 Å². The molecule has 4 N–H and O–H groups in total. The summed E-state index contributed by atoms with van der Waals surface area (Å²) >= 11 is 7.32. The van der Waals surface area contributed by atoms with Gasteiger partial charge in [-0.2, -0.15) is 0 Å². The van der Waals surface area contributed by atoms with Crippen LogP contribution >= 0.6 is 22.9 Å². The molecule has 3 heterocycles. The van der Waals surface area contributed by atoms with E-state index in [1.54, 1.807) is 42.8 Å². The van der Waals surface area contributed by atoms with Crippen molar-refractivity contribution < 1.29 is 9.59 Å². The number of anilines is 1. The van der Waals surface area contributed by atoms with Crippen LogP contribution in [0.15, 0.2) is 41.9 Å². The number of pyridine rings is 1. The second-order valence-corrected chi connectivity index (χ2v) is 7.41. The topological polar surface area (TPSA) is 114 Å². The lowest BCUT2D eigenvalue weighted by Gasteiger charge is -2.07. The molecule has 7 nitrogen and oxygen atoms in total. The molecule has 0 fully saturated rings. The number of hydrogen-bond acceptors (Lipinski definition) is 5. The number of H-pyrrole nitrogens is 1. The zero-order valence-corrected chi connectivity index (χ0v) is 16.2. The lowest BCUT2D eigenvalue weighted by Crippen LogP contribution is -2.14. The summed E-state index contributed by atoms with van der Waals surface area (Å²) in [4.78, 5) is 35.6. The first-order chi connectivity index (χ1) is 13.4. The lowest BCUT2D eigenvalue weighted by molar-refractivity contribution is 0.0993. The van der Waals surface area contributed by atoms with Gasteiger partial charge in [0.1, 0.15) is 5.69 Å². The Bertz CT molecular complexity index is 1230. The highest BCUT2D eigenvalue weighted by molar-refractivity contribution is 7.14. The Balaban J connectivity index is 1.58. The van der Waals surface area contributed by atoms with Crippen LogP contribution in [0, 0.1) is 6.92 Å². The summed E-state index contributed by atoms with van der Waals surface area (Å²) < 4.78 is 0. The fourth-order valence-corrected chi connectivity index (χ4v) is 3.68. The Hall–Kier alpha value is -3.23. The molecule has 0 unspecified atom stereocenters. The molecule has 0 atom stereocenters. The van der Waals surface area contributed by atoms with E-state index in [0.29, 0.717) is 38.4 Å². The first-order valence-electron chi connectivity index (χ1n) is 8.23. The average Bonchev–Trinajstić information content (AvgIpc) is 3.30. The van der Waals surface area contributed by atoms with Gasteiger partial charge in [0.25, 0.3) is 11.8 Å². The van der Waals surface area contributed by atoms with Gasteiger partial charge in [-0.05, 0) is 37.3 Å². The number of benzene rings is 1. The van der Waals surface area contributed by atoms with Crippen LogP contribution in [0.1, 0.15) is 26.5 Å². The van der Waals surface area contributed by atoms with E-state index in [1.165, 1.54) is 11.3 Å². The number of thiazole rings is 1. The van der Waals surface area contributed by atoms with E-state index in [4.69, 9.17) is 17.3 Å². The van der Waals surface area contributed by atoms with Gasteiger partial charge in [-0.25, -0.2) is 4.98 Å². The van der Waals surface area contributed by atoms with Crippen LogP contribution in [0.5, 0.6) is 0 Å². The van der Waals surface area contributed by atoms with Gasteiger partial charge in [0.15, 0.2) is 5.13 Å². The summed E-state index contributed by atoms with van der Waals surface area (Å²) in [7, 11) is 0. The molecule has 4 rings (SSSR count). The molecule has 3 aromatic heterocycles. The molecule has 2 amide bonds. The molecule has 0 aliphatic heterocycles. The van der Waals surface area contributed by atoms with Crippen molar-refractivity contribution in [1.29, 1.82) is 0 Å². The summed E-state index contributed by atoms with van der Waals surface area (Å²) in [6.45, 7) is 1.78. The van der Waals surface area contributed by atoms with E-state index >= 15 is 0 Å². The van der Waals surface area contributed by atoms with Gasteiger partial charge < -0.3 is 10.7 Å². The molecule has 0 saturated heterocycles. The predicted octanol–water partition coefficient (Wildman–Crippen LogP) is 4.00. The van der Waals surface area contributed by atoms with Crippen molar-refractivity contribution in [2.45, 2.75) is 6.92 Å². The molecule has 9 heteroatoms. The number of aryl methyl sites for hydroxylation is 1. The minimum absolute atomic E-state index is 0.296. The highest BCUT2D eigenvalue weighted by atomic mass is 35.5. The molecule has 28 heavy (non-hydrogen) atoms. The average molecular weight is 412 g/mol. The third-order valence-corrected chi connectivity index (χ3v) is 5.17. The number of nitrogens with zero attached hydrogens (tertiary/aromatic N) is 2. The number of nitrogens with one attached hydrogen (secondary N) is 2. The minimum Gasteiger partial charge on any atom is -0.364 e. The van der Waals surface area contributed by atoms with Gasteiger partial charge in [-0.15, -0.1) is 11.3 Å². The smallest absolute Gasteiger partial charge is 0.265 e. The van der Waals surface area contributed by atoms with Gasteiger partial charge in [0.05, 0.1) is 22.5 Å². The predicted molar refractivity (Wildman–Crippen MR) is 110 cm³/mol. The first kappa shape index (κ1) is 18.1. The van der Waals surface area contributed by atoms with Crippen LogP contribution < -0.4 is 11.1 Å². The normalized spacial score (nSPS) is 10.9. The maximum atomic E-state index is 12.7. The second kappa shape index (κ2) is 7.06. The number of carbonyl (C=O) groups excluding carboxylic acids is 2. The van der Waals surface area contributed by atoms with Crippen LogP contribution in [0.2, 0.25) is 5.02 Å². The van der Waals surface area contributed by atoms with E-state index in [2.05, 4.69) is 20.3 Å². The quantitative estimate of drug-likeness (QED) is 0.470. The summed E-state index contributed by atoms with van der Waals surface area (Å²) in [6.07, 6.45) is 1.64. The summed E-state index contributed by atoms with van der Waals surface area (Å²) in [6, 6.07) is 8.72. The maximum Gasteiger partial charge on any atom is 0.265 e. The van der Waals surface area contributed by atoms with Crippen molar-refractivity contribution in [2.24, 2.45) is 5.73 Å². The molecular formula is C19H14ClN5O2S. The highest BCUT2D eigenvalue weighted by Gasteiger charge is 2.15. The van der Waals surface area contributed by atoms with Gasteiger partial charge in [0.2, 0.25) is 0 Å². The highest BCUT2D eigenvalue weighted by Crippen LogP contribution is 2.26. The third kappa shape index (κ3) is 3.47. The van der Waals surface area contributed by atoms with Gasteiger partial charge in [0, 0.05) is 27.5 Å². The van der Waals surface area contributed by atoms with E-state index in [0.717, 1.165) is 10.9 Å². The monoisotopic (exact) mass is 411 g/mol. The molecule has 0 saturated carbocycles. The van der Waals surface area contributed by atoms with Crippen LogP contribution in [0.25, 0.3) is 22.2 Å². The fourth-order valence-electron chi connectivity index (χ4n) is 2.79. The van der Waals surface area contributed by atoms with Gasteiger partial charge in [-0.1, -0.05) is 11.6 Å². The Labute approximate surface area is 168 Å². The van der Waals surface area contributed by atoms with Crippen LogP contribution in [0.4, 0.5) is 5.13 Å². The number of primary amides is 1. The number of halogens is 1.